The number of aromatic nitrogens is 1. The van der Waals surface area contributed by atoms with Gasteiger partial charge in [-0.3, -0.25) is 4.98 Å². The van der Waals surface area contributed by atoms with Gasteiger partial charge in [0.1, 0.15) is 0 Å². The summed E-state index contributed by atoms with van der Waals surface area (Å²) in [4.78, 5) is 4.43. The van der Waals surface area contributed by atoms with Crippen molar-refractivity contribution < 1.29 is 0 Å². The predicted octanol–water partition coefficient (Wildman–Crippen LogP) is 2.51. The van der Waals surface area contributed by atoms with Crippen molar-refractivity contribution in [1.82, 2.24) is 10.3 Å². The number of hydrogen-bond acceptors (Lipinski definition) is 3. The minimum atomic E-state index is 0.849. The van der Waals surface area contributed by atoms with Gasteiger partial charge in [-0.25, -0.2) is 0 Å². The molecule has 0 spiro atoms. The highest BCUT2D eigenvalue weighted by Gasteiger charge is 2.05. The molecule has 0 unspecified atom stereocenters. The molecule has 0 aliphatic carbocycles. The standard InChI is InChI=1S/C14H17N3/c1-15-10-11-5-3-4-6-13(11)14-9-12(16-2)7-8-17-14/h3-9,15H,10H2,1-2H3,(H,16,17). The van der Waals surface area contributed by atoms with E-state index in [2.05, 4.69) is 39.9 Å². The molecule has 2 N–H and O–H groups in total. The van der Waals surface area contributed by atoms with Crippen LogP contribution in [0.3, 0.4) is 0 Å². The molecule has 0 bridgehead atoms. The Labute approximate surface area is 102 Å². The van der Waals surface area contributed by atoms with Crippen LogP contribution in [-0.4, -0.2) is 19.1 Å². The monoisotopic (exact) mass is 227 g/mol. The van der Waals surface area contributed by atoms with E-state index < -0.39 is 0 Å². The maximum absolute atomic E-state index is 4.43. The zero-order valence-corrected chi connectivity index (χ0v) is 10.2. The quantitative estimate of drug-likeness (QED) is 0.842. The average Bonchev–Trinajstić information content (AvgIpc) is 2.40. The Bertz CT molecular complexity index is 494. The third-order valence-electron chi connectivity index (χ3n) is 2.71. The molecule has 0 fully saturated rings. The normalized spacial score (nSPS) is 10.2. The van der Waals surface area contributed by atoms with E-state index in [0.29, 0.717) is 0 Å². The van der Waals surface area contributed by atoms with Crippen LogP contribution < -0.4 is 10.6 Å². The van der Waals surface area contributed by atoms with Crippen molar-refractivity contribution in [2.45, 2.75) is 6.54 Å². The number of benzene rings is 1. The van der Waals surface area contributed by atoms with Crippen LogP contribution in [0.15, 0.2) is 42.6 Å². The van der Waals surface area contributed by atoms with Crippen LogP contribution in [0.5, 0.6) is 0 Å². The van der Waals surface area contributed by atoms with E-state index in [0.717, 1.165) is 17.9 Å². The van der Waals surface area contributed by atoms with Gasteiger partial charge in [0.2, 0.25) is 0 Å². The number of hydrogen-bond donors (Lipinski definition) is 2. The van der Waals surface area contributed by atoms with Gasteiger partial charge in [0, 0.05) is 31.0 Å². The number of anilines is 1. The minimum absolute atomic E-state index is 0.849. The fourth-order valence-electron chi connectivity index (χ4n) is 1.85. The average molecular weight is 227 g/mol. The van der Waals surface area contributed by atoms with Crippen LogP contribution in [0.4, 0.5) is 5.69 Å². The van der Waals surface area contributed by atoms with Crippen LogP contribution in [0, 0.1) is 0 Å². The number of nitrogens with zero attached hydrogens (tertiary/aromatic N) is 1. The number of rotatable bonds is 4. The lowest BCUT2D eigenvalue weighted by Gasteiger charge is -2.09. The van der Waals surface area contributed by atoms with Crippen molar-refractivity contribution >= 4 is 5.69 Å². The van der Waals surface area contributed by atoms with Crippen molar-refractivity contribution in [3.63, 3.8) is 0 Å². The Morgan fingerprint density at radius 3 is 2.71 bits per heavy atom. The highest BCUT2D eigenvalue weighted by atomic mass is 14.8. The zero-order chi connectivity index (χ0) is 12.1. The second-order valence-electron chi connectivity index (χ2n) is 3.87. The molecule has 2 aromatic rings. The van der Waals surface area contributed by atoms with Gasteiger partial charge >= 0.3 is 0 Å². The highest BCUT2D eigenvalue weighted by molar-refractivity contribution is 5.67. The molecule has 0 atom stereocenters. The second-order valence-corrected chi connectivity index (χ2v) is 3.87. The molecule has 17 heavy (non-hydrogen) atoms. The van der Waals surface area contributed by atoms with Crippen molar-refractivity contribution in [3.05, 3.63) is 48.2 Å². The fourth-order valence-corrected chi connectivity index (χ4v) is 1.85. The van der Waals surface area contributed by atoms with Crippen LogP contribution >= 0.6 is 0 Å². The SMILES string of the molecule is CNCc1ccccc1-c1cc(NC)ccn1. The predicted molar refractivity (Wildman–Crippen MR) is 72.0 cm³/mol. The van der Waals surface area contributed by atoms with Gasteiger partial charge in [-0.1, -0.05) is 24.3 Å². The summed E-state index contributed by atoms with van der Waals surface area (Å²) >= 11 is 0. The molecule has 0 amide bonds. The Balaban J connectivity index is 2.44. The van der Waals surface area contributed by atoms with E-state index in [4.69, 9.17) is 0 Å². The first-order valence-corrected chi connectivity index (χ1v) is 5.72. The van der Waals surface area contributed by atoms with E-state index in [1.165, 1.54) is 11.1 Å². The first kappa shape index (κ1) is 11.6. The van der Waals surface area contributed by atoms with E-state index in [-0.39, 0.29) is 0 Å². The van der Waals surface area contributed by atoms with Crippen LogP contribution in [0.25, 0.3) is 11.3 Å². The Morgan fingerprint density at radius 2 is 1.94 bits per heavy atom. The molecule has 0 aliphatic heterocycles. The molecule has 3 heteroatoms. The van der Waals surface area contributed by atoms with Crippen molar-refractivity contribution in [2.75, 3.05) is 19.4 Å². The van der Waals surface area contributed by atoms with Gasteiger partial charge < -0.3 is 10.6 Å². The molecule has 0 aliphatic rings. The van der Waals surface area contributed by atoms with E-state index >= 15 is 0 Å². The maximum atomic E-state index is 4.43. The molecule has 0 radical (unpaired) electrons. The van der Waals surface area contributed by atoms with Gasteiger partial charge in [0.25, 0.3) is 0 Å². The smallest absolute Gasteiger partial charge is 0.0725 e. The summed E-state index contributed by atoms with van der Waals surface area (Å²) in [5, 5.41) is 6.31. The second kappa shape index (κ2) is 5.46. The van der Waals surface area contributed by atoms with Crippen molar-refractivity contribution in [1.29, 1.82) is 0 Å². The minimum Gasteiger partial charge on any atom is -0.388 e. The van der Waals surface area contributed by atoms with Gasteiger partial charge in [-0.15, -0.1) is 0 Å². The van der Waals surface area contributed by atoms with Crippen LogP contribution in [0.1, 0.15) is 5.56 Å². The number of nitrogens with one attached hydrogen (secondary N) is 2. The van der Waals surface area contributed by atoms with Gasteiger partial charge in [0.15, 0.2) is 0 Å². The fraction of sp³-hybridized carbons (Fsp3) is 0.214. The summed E-state index contributed by atoms with van der Waals surface area (Å²) in [6.45, 7) is 0.849. The Hall–Kier alpha value is -1.87. The van der Waals surface area contributed by atoms with Gasteiger partial charge in [0.05, 0.1) is 5.69 Å². The highest BCUT2D eigenvalue weighted by Crippen LogP contribution is 2.23. The molecule has 1 aromatic carbocycles. The first-order chi connectivity index (χ1) is 8.35. The molecule has 0 saturated heterocycles. The van der Waals surface area contributed by atoms with E-state index in [1.54, 1.807) is 0 Å². The molecule has 88 valence electrons. The molecule has 1 heterocycles. The van der Waals surface area contributed by atoms with Crippen LogP contribution in [-0.2, 0) is 6.54 Å². The van der Waals surface area contributed by atoms with Crippen LogP contribution in [0.2, 0.25) is 0 Å². The largest absolute Gasteiger partial charge is 0.388 e. The molecular weight excluding hydrogens is 210 g/mol. The third kappa shape index (κ3) is 2.63. The summed E-state index contributed by atoms with van der Waals surface area (Å²) in [6, 6.07) is 12.4. The van der Waals surface area contributed by atoms with Crippen molar-refractivity contribution in [3.8, 4) is 11.3 Å². The first-order valence-electron chi connectivity index (χ1n) is 5.72. The Kier molecular flexibility index (Phi) is 3.73. The topological polar surface area (TPSA) is 37.0 Å². The van der Waals surface area contributed by atoms with Gasteiger partial charge in [-0.05, 0) is 24.7 Å². The summed E-state index contributed by atoms with van der Waals surface area (Å²) < 4.78 is 0. The zero-order valence-electron chi connectivity index (χ0n) is 10.2. The molecule has 0 saturated carbocycles. The molecule has 3 nitrogen and oxygen atoms in total. The molecule has 1 aromatic heterocycles. The lowest BCUT2D eigenvalue weighted by atomic mass is 10.0. The summed E-state index contributed by atoms with van der Waals surface area (Å²) in [6.07, 6.45) is 1.83. The van der Waals surface area contributed by atoms with Gasteiger partial charge in [-0.2, -0.15) is 0 Å². The molecular formula is C14H17N3. The third-order valence-corrected chi connectivity index (χ3v) is 2.71. The lowest BCUT2D eigenvalue weighted by molar-refractivity contribution is 0.819. The summed E-state index contributed by atoms with van der Waals surface area (Å²) in [5.74, 6) is 0. The summed E-state index contributed by atoms with van der Waals surface area (Å²) in [5.41, 5.74) is 4.52. The lowest BCUT2D eigenvalue weighted by Crippen LogP contribution is -2.06. The molecule has 2 rings (SSSR count). The van der Waals surface area contributed by atoms with E-state index in [1.807, 2.05) is 32.4 Å². The maximum Gasteiger partial charge on any atom is 0.0725 e. The summed E-state index contributed by atoms with van der Waals surface area (Å²) in [7, 11) is 3.87. The van der Waals surface area contributed by atoms with Crippen molar-refractivity contribution in [2.24, 2.45) is 0 Å². The Morgan fingerprint density at radius 1 is 1.12 bits per heavy atom. The number of pyridine rings is 1. The van der Waals surface area contributed by atoms with E-state index in [9.17, 15) is 0 Å².